The quantitative estimate of drug-likeness (QED) is 0.713. The molecule has 0 saturated heterocycles. The molecule has 0 rings (SSSR count). The number of amides is 1. The average molecular weight is 258 g/mol. The van der Waals surface area contributed by atoms with Crippen LogP contribution in [0.1, 0.15) is 20.8 Å². The van der Waals surface area contributed by atoms with E-state index in [9.17, 15) is 18.0 Å². The Morgan fingerprint density at radius 1 is 1.31 bits per heavy atom. The first kappa shape index (κ1) is 15.6. The maximum absolute atomic E-state index is 11.8. The first-order chi connectivity index (χ1) is 7.22. The molecule has 3 nitrogen and oxygen atoms in total. The van der Waals surface area contributed by atoms with Gasteiger partial charge in [-0.15, -0.1) is 0 Å². The van der Waals surface area contributed by atoms with Crippen LogP contribution < -0.4 is 10.6 Å². The fraction of sp³-hybridized carbons (Fsp3) is 0.889. The van der Waals surface area contributed by atoms with Crippen LogP contribution in [0.15, 0.2) is 0 Å². The molecule has 0 aromatic carbocycles. The molecule has 0 aliphatic heterocycles. The van der Waals surface area contributed by atoms with E-state index in [0.29, 0.717) is 0 Å². The van der Waals surface area contributed by atoms with Gasteiger partial charge in [0, 0.05) is 18.3 Å². The molecule has 0 heterocycles. The Bertz CT molecular complexity index is 221. The summed E-state index contributed by atoms with van der Waals surface area (Å²) in [4.78, 5) is 11.3. The molecule has 0 fully saturated rings. The van der Waals surface area contributed by atoms with Crippen LogP contribution in [0.5, 0.6) is 0 Å². The predicted molar refractivity (Wildman–Crippen MR) is 59.3 cm³/mol. The fourth-order valence-corrected chi connectivity index (χ4v) is 1.40. The van der Waals surface area contributed by atoms with Gasteiger partial charge in [-0.2, -0.15) is 13.2 Å². The lowest BCUT2D eigenvalue weighted by molar-refractivity contribution is -0.123. The highest BCUT2D eigenvalue weighted by molar-refractivity contribution is 8.00. The van der Waals surface area contributed by atoms with Crippen molar-refractivity contribution in [2.45, 2.75) is 38.4 Å². The molecule has 0 aliphatic carbocycles. The molecule has 1 amide bonds. The Morgan fingerprint density at radius 2 is 1.88 bits per heavy atom. The number of carbonyl (C=O) groups excluding carboxylic acids is 1. The van der Waals surface area contributed by atoms with Crippen molar-refractivity contribution in [2.75, 3.05) is 12.3 Å². The van der Waals surface area contributed by atoms with Crippen molar-refractivity contribution >= 4 is 17.7 Å². The molecule has 0 aromatic rings. The van der Waals surface area contributed by atoms with Crippen LogP contribution in [0.2, 0.25) is 0 Å². The molecule has 0 aromatic heterocycles. The van der Waals surface area contributed by atoms with E-state index in [-0.39, 0.29) is 36.0 Å². The van der Waals surface area contributed by atoms with E-state index in [1.54, 1.807) is 6.92 Å². The molecular formula is C9H17F3N2OS. The van der Waals surface area contributed by atoms with Crippen LogP contribution in [-0.2, 0) is 4.79 Å². The van der Waals surface area contributed by atoms with Crippen molar-refractivity contribution in [3.63, 3.8) is 0 Å². The highest BCUT2D eigenvalue weighted by Gasteiger charge is 2.27. The lowest BCUT2D eigenvalue weighted by Crippen LogP contribution is -2.45. The van der Waals surface area contributed by atoms with Crippen molar-refractivity contribution in [1.29, 1.82) is 0 Å². The minimum absolute atomic E-state index is 0.0290. The van der Waals surface area contributed by atoms with E-state index in [1.165, 1.54) is 0 Å². The first-order valence-corrected chi connectivity index (χ1v) is 5.95. The van der Waals surface area contributed by atoms with Crippen molar-refractivity contribution < 1.29 is 18.0 Å². The van der Waals surface area contributed by atoms with Crippen LogP contribution in [0, 0.1) is 0 Å². The zero-order valence-corrected chi connectivity index (χ0v) is 10.3. The van der Waals surface area contributed by atoms with Crippen LogP contribution in [0.3, 0.4) is 0 Å². The average Bonchev–Trinajstić information content (AvgIpc) is 2.09. The molecule has 0 aliphatic rings. The van der Waals surface area contributed by atoms with Crippen LogP contribution in [-0.4, -0.2) is 35.8 Å². The van der Waals surface area contributed by atoms with E-state index < -0.39 is 11.6 Å². The molecule has 7 heteroatoms. The normalized spacial score (nSPS) is 13.9. The van der Waals surface area contributed by atoms with Gasteiger partial charge >= 0.3 is 5.51 Å². The van der Waals surface area contributed by atoms with Gasteiger partial charge in [0.25, 0.3) is 0 Å². The number of thioether (sulfide) groups is 1. The summed E-state index contributed by atoms with van der Waals surface area (Å²) < 4.78 is 35.3. The van der Waals surface area contributed by atoms with Crippen LogP contribution >= 0.6 is 11.8 Å². The minimum atomic E-state index is -4.20. The van der Waals surface area contributed by atoms with Gasteiger partial charge in [0.15, 0.2) is 0 Å². The molecule has 0 bridgehead atoms. The minimum Gasteiger partial charge on any atom is -0.353 e. The number of hydrogen-bond acceptors (Lipinski definition) is 3. The van der Waals surface area contributed by atoms with Crippen molar-refractivity contribution in [1.82, 2.24) is 10.6 Å². The van der Waals surface area contributed by atoms with E-state index in [2.05, 4.69) is 10.6 Å². The zero-order valence-electron chi connectivity index (χ0n) is 9.52. The lowest BCUT2D eigenvalue weighted by Gasteiger charge is -2.16. The zero-order chi connectivity index (χ0) is 12.8. The highest BCUT2D eigenvalue weighted by atomic mass is 32.2. The number of hydrogen-bond donors (Lipinski definition) is 2. The molecule has 16 heavy (non-hydrogen) atoms. The van der Waals surface area contributed by atoms with Gasteiger partial charge in [-0.05, 0) is 32.5 Å². The van der Waals surface area contributed by atoms with Gasteiger partial charge in [0.1, 0.15) is 0 Å². The molecule has 0 spiro atoms. The summed E-state index contributed by atoms with van der Waals surface area (Å²) in [6, 6.07) is -0.447. The summed E-state index contributed by atoms with van der Waals surface area (Å²) in [7, 11) is 0. The Hall–Kier alpha value is -0.430. The number of nitrogens with one attached hydrogen (secondary N) is 2. The second kappa shape index (κ2) is 7.01. The van der Waals surface area contributed by atoms with Crippen molar-refractivity contribution in [3.8, 4) is 0 Å². The summed E-state index contributed by atoms with van der Waals surface area (Å²) in [5, 5.41) is 5.40. The standard InChI is InChI=1S/C9H17F3N2OS/c1-6(2)14-8(15)7(3)13-4-5-16-9(10,11)12/h6-7,13H,4-5H2,1-3H3,(H,14,15). The van der Waals surface area contributed by atoms with E-state index in [1.807, 2.05) is 13.8 Å². The van der Waals surface area contributed by atoms with E-state index in [0.717, 1.165) is 0 Å². The molecule has 0 saturated carbocycles. The number of rotatable bonds is 6. The number of halogens is 3. The molecule has 1 unspecified atom stereocenters. The molecule has 2 N–H and O–H groups in total. The van der Waals surface area contributed by atoms with Gasteiger partial charge in [-0.25, -0.2) is 0 Å². The van der Waals surface area contributed by atoms with Crippen LogP contribution in [0.25, 0.3) is 0 Å². The smallest absolute Gasteiger partial charge is 0.353 e. The first-order valence-electron chi connectivity index (χ1n) is 4.97. The topological polar surface area (TPSA) is 41.1 Å². The van der Waals surface area contributed by atoms with Gasteiger partial charge in [0.2, 0.25) is 5.91 Å². The largest absolute Gasteiger partial charge is 0.441 e. The van der Waals surface area contributed by atoms with Gasteiger partial charge < -0.3 is 10.6 Å². The molecule has 96 valence electrons. The maximum Gasteiger partial charge on any atom is 0.441 e. The molecule has 0 radical (unpaired) electrons. The predicted octanol–water partition coefficient (Wildman–Crippen LogP) is 1.74. The van der Waals surface area contributed by atoms with Crippen LogP contribution in [0.4, 0.5) is 13.2 Å². The van der Waals surface area contributed by atoms with Crippen molar-refractivity contribution in [3.05, 3.63) is 0 Å². The van der Waals surface area contributed by atoms with Crippen molar-refractivity contribution in [2.24, 2.45) is 0 Å². The maximum atomic E-state index is 11.8. The number of carbonyl (C=O) groups is 1. The fourth-order valence-electron chi connectivity index (χ4n) is 0.944. The Balaban J connectivity index is 3.65. The van der Waals surface area contributed by atoms with E-state index in [4.69, 9.17) is 0 Å². The Morgan fingerprint density at radius 3 is 2.31 bits per heavy atom. The summed E-state index contributed by atoms with van der Waals surface area (Å²) >= 11 is -0.0930. The Kier molecular flexibility index (Phi) is 6.82. The summed E-state index contributed by atoms with van der Waals surface area (Å²) in [6.45, 7) is 5.42. The summed E-state index contributed by atoms with van der Waals surface area (Å²) in [5.74, 6) is -0.296. The van der Waals surface area contributed by atoms with Gasteiger partial charge in [-0.1, -0.05) is 0 Å². The second-order valence-corrected chi connectivity index (χ2v) is 4.79. The third-order valence-corrected chi connectivity index (χ3v) is 2.38. The lowest BCUT2D eigenvalue weighted by atomic mass is 10.3. The summed E-state index contributed by atoms with van der Waals surface area (Å²) in [6.07, 6.45) is 0. The van der Waals surface area contributed by atoms with Gasteiger partial charge in [-0.3, -0.25) is 4.79 Å². The third kappa shape index (κ3) is 8.84. The molecular weight excluding hydrogens is 241 g/mol. The summed E-state index contributed by atoms with van der Waals surface area (Å²) in [5.41, 5.74) is -4.20. The third-order valence-electron chi connectivity index (χ3n) is 1.64. The SMILES string of the molecule is CC(C)NC(=O)C(C)NCCSC(F)(F)F. The Labute approximate surface area is 97.5 Å². The van der Waals surface area contributed by atoms with E-state index >= 15 is 0 Å². The van der Waals surface area contributed by atoms with Gasteiger partial charge in [0.05, 0.1) is 6.04 Å². The molecule has 1 atom stereocenters. The number of alkyl halides is 3. The highest BCUT2D eigenvalue weighted by Crippen LogP contribution is 2.29. The second-order valence-electron chi connectivity index (χ2n) is 3.63. The monoisotopic (exact) mass is 258 g/mol.